The van der Waals surface area contributed by atoms with Crippen molar-refractivity contribution in [2.75, 3.05) is 18.0 Å². The molecule has 116 valence electrons. The summed E-state index contributed by atoms with van der Waals surface area (Å²) in [7, 11) is 0. The normalized spacial score (nSPS) is 17.1. The first-order chi connectivity index (χ1) is 10.8. The van der Waals surface area contributed by atoms with Gasteiger partial charge in [0.15, 0.2) is 0 Å². The summed E-state index contributed by atoms with van der Waals surface area (Å²) in [4.78, 5) is 5.15. The number of likely N-dealkylation sites (tertiary alicyclic amines) is 1. The molecule has 0 N–H and O–H groups in total. The molecule has 1 aliphatic rings. The maximum Gasteiger partial charge on any atom is 0.0795 e. The first-order valence-electron chi connectivity index (χ1n) is 8.44. The number of nitrogens with zero attached hydrogens (tertiary/aromatic N) is 2. The quantitative estimate of drug-likeness (QED) is 0.799. The summed E-state index contributed by atoms with van der Waals surface area (Å²) in [6, 6.07) is 21.6. The van der Waals surface area contributed by atoms with Crippen molar-refractivity contribution in [3.05, 3.63) is 66.2 Å². The molecule has 0 radical (unpaired) electrons. The second-order valence-corrected chi connectivity index (χ2v) is 6.18. The predicted molar refractivity (Wildman–Crippen MR) is 94.0 cm³/mol. The molecular formula is C20H26N2. The van der Waals surface area contributed by atoms with E-state index >= 15 is 0 Å². The summed E-state index contributed by atoms with van der Waals surface area (Å²) in [5.41, 5.74) is 2.68. The number of benzene rings is 2. The number of piperidine rings is 1. The zero-order chi connectivity index (χ0) is 15.2. The van der Waals surface area contributed by atoms with Crippen LogP contribution in [-0.2, 0) is 6.54 Å². The third-order valence-electron chi connectivity index (χ3n) is 4.65. The minimum Gasteiger partial charge on any atom is -0.352 e. The highest BCUT2D eigenvalue weighted by molar-refractivity contribution is 5.47. The molecule has 3 rings (SSSR count). The van der Waals surface area contributed by atoms with Gasteiger partial charge >= 0.3 is 0 Å². The number of para-hydroxylation sites is 1. The van der Waals surface area contributed by atoms with E-state index in [1.54, 1.807) is 0 Å². The highest BCUT2D eigenvalue weighted by Gasteiger charge is 2.23. The molecule has 1 unspecified atom stereocenters. The van der Waals surface area contributed by atoms with Crippen LogP contribution in [0.4, 0.5) is 5.69 Å². The van der Waals surface area contributed by atoms with Crippen LogP contribution in [0.15, 0.2) is 60.7 Å². The number of hydrogen-bond acceptors (Lipinski definition) is 2. The van der Waals surface area contributed by atoms with Gasteiger partial charge in [-0.3, -0.25) is 4.90 Å². The van der Waals surface area contributed by atoms with Gasteiger partial charge in [-0.1, -0.05) is 55.0 Å². The molecule has 2 heteroatoms. The summed E-state index contributed by atoms with van der Waals surface area (Å²) in [6.07, 6.45) is 4.48. The van der Waals surface area contributed by atoms with Crippen molar-refractivity contribution in [1.82, 2.24) is 4.90 Å². The minimum absolute atomic E-state index is 0.433. The van der Waals surface area contributed by atoms with Gasteiger partial charge < -0.3 is 4.90 Å². The van der Waals surface area contributed by atoms with E-state index < -0.39 is 0 Å². The van der Waals surface area contributed by atoms with E-state index in [1.165, 1.54) is 43.6 Å². The van der Waals surface area contributed by atoms with Gasteiger partial charge in [0.1, 0.15) is 0 Å². The fraction of sp³-hybridized carbons (Fsp3) is 0.400. The van der Waals surface area contributed by atoms with Crippen LogP contribution in [0.5, 0.6) is 0 Å². The summed E-state index contributed by atoms with van der Waals surface area (Å²) < 4.78 is 0. The van der Waals surface area contributed by atoms with E-state index in [0.717, 1.165) is 6.54 Å². The van der Waals surface area contributed by atoms with Gasteiger partial charge in [-0.05, 0) is 37.5 Å². The molecule has 2 aromatic rings. The smallest absolute Gasteiger partial charge is 0.0795 e. The Balaban J connectivity index is 1.82. The number of anilines is 1. The van der Waals surface area contributed by atoms with Crippen LogP contribution in [0.1, 0.15) is 31.7 Å². The maximum absolute atomic E-state index is 2.62. The summed E-state index contributed by atoms with van der Waals surface area (Å²) in [6.45, 7) is 5.75. The second kappa shape index (κ2) is 7.46. The molecule has 1 atom stereocenters. The van der Waals surface area contributed by atoms with E-state index in [2.05, 4.69) is 77.4 Å². The fourth-order valence-electron chi connectivity index (χ4n) is 3.33. The van der Waals surface area contributed by atoms with Crippen LogP contribution in [-0.4, -0.2) is 24.2 Å². The summed E-state index contributed by atoms with van der Waals surface area (Å²) >= 11 is 0. The minimum atomic E-state index is 0.433. The zero-order valence-corrected chi connectivity index (χ0v) is 13.5. The highest BCUT2D eigenvalue weighted by atomic mass is 15.3. The topological polar surface area (TPSA) is 6.48 Å². The molecular weight excluding hydrogens is 268 g/mol. The van der Waals surface area contributed by atoms with Crippen molar-refractivity contribution in [1.29, 1.82) is 0 Å². The molecule has 0 saturated carbocycles. The van der Waals surface area contributed by atoms with Crippen LogP contribution in [0.25, 0.3) is 0 Å². The second-order valence-electron chi connectivity index (χ2n) is 6.18. The van der Waals surface area contributed by atoms with Crippen molar-refractivity contribution in [3.63, 3.8) is 0 Å². The Hall–Kier alpha value is -1.80. The van der Waals surface area contributed by atoms with E-state index in [1.807, 2.05) is 0 Å². The van der Waals surface area contributed by atoms with E-state index in [9.17, 15) is 0 Å². The Labute approximate surface area is 134 Å². The standard InChI is InChI=1S/C20H26N2/c1-18(21-15-9-4-10-16-21)22(20-13-7-3-8-14-20)17-19-11-5-2-6-12-19/h2-3,5-8,11-14,18H,4,9-10,15-17H2,1H3. The third-order valence-corrected chi connectivity index (χ3v) is 4.65. The highest BCUT2D eigenvalue weighted by Crippen LogP contribution is 2.23. The van der Waals surface area contributed by atoms with Crippen molar-refractivity contribution < 1.29 is 0 Å². The lowest BCUT2D eigenvalue weighted by molar-refractivity contribution is 0.168. The molecule has 2 nitrogen and oxygen atoms in total. The van der Waals surface area contributed by atoms with Gasteiger partial charge in [0.05, 0.1) is 6.17 Å². The van der Waals surface area contributed by atoms with Crippen molar-refractivity contribution in [2.24, 2.45) is 0 Å². The number of rotatable bonds is 5. The first-order valence-corrected chi connectivity index (χ1v) is 8.44. The molecule has 22 heavy (non-hydrogen) atoms. The van der Waals surface area contributed by atoms with Crippen LogP contribution < -0.4 is 4.90 Å². The van der Waals surface area contributed by atoms with Crippen molar-refractivity contribution >= 4 is 5.69 Å². The van der Waals surface area contributed by atoms with Gasteiger partial charge in [-0.2, -0.15) is 0 Å². The molecule has 1 fully saturated rings. The van der Waals surface area contributed by atoms with Crippen LogP contribution in [0.2, 0.25) is 0 Å². The van der Waals surface area contributed by atoms with Gasteiger partial charge in [-0.25, -0.2) is 0 Å². The summed E-state index contributed by atoms with van der Waals surface area (Å²) in [5, 5.41) is 0. The van der Waals surface area contributed by atoms with Crippen molar-refractivity contribution in [2.45, 2.75) is 38.9 Å². The molecule has 1 aliphatic heterocycles. The molecule has 0 spiro atoms. The largest absolute Gasteiger partial charge is 0.352 e. The average Bonchev–Trinajstić information content (AvgIpc) is 2.61. The number of hydrogen-bond donors (Lipinski definition) is 0. The Morgan fingerprint density at radius 3 is 2.09 bits per heavy atom. The fourth-order valence-corrected chi connectivity index (χ4v) is 3.33. The Kier molecular flexibility index (Phi) is 5.12. The summed E-state index contributed by atoms with van der Waals surface area (Å²) in [5.74, 6) is 0. The monoisotopic (exact) mass is 294 g/mol. The Morgan fingerprint density at radius 2 is 1.45 bits per heavy atom. The molecule has 1 saturated heterocycles. The van der Waals surface area contributed by atoms with Crippen LogP contribution in [0, 0.1) is 0 Å². The first kappa shape index (κ1) is 15.1. The van der Waals surface area contributed by atoms with Crippen molar-refractivity contribution in [3.8, 4) is 0 Å². The molecule has 1 heterocycles. The SMILES string of the molecule is CC(N1CCCCC1)N(Cc1ccccc1)c1ccccc1. The Morgan fingerprint density at radius 1 is 0.864 bits per heavy atom. The predicted octanol–water partition coefficient (Wildman–Crippen LogP) is 4.53. The van der Waals surface area contributed by atoms with Gasteiger partial charge in [0.25, 0.3) is 0 Å². The van der Waals surface area contributed by atoms with Gasteiger partial charge in [0.2, 0.25) is 0 Å². The van der Waals surface area contributed by atoms with Gasteiger partial charge in [-0.15, -0.1) is 0 Å². The average molecular weight is 294 g/mol. The lowest BCUT2D eigenvalue weighted by atomic mass is 10.1. The Bertz CT molecular complexity index is 546. The third kappa shape index (κ3) is 3.69. The van der Waals surface area contributed by atoms with E-state index in [-0.39, 0.29) is 0 Å². The van der Waals surface area contributed by atoms with Gasteiger partial charge in [0, 0.05) is 25.3 Å². The van der Waals surface area contributed by atoms with E-state index in [4.69, 9.17) is 0 Å². The maximum atomic E-state index is 2.62. The molecule has 0 bridgehead atoms. The molecule has 0 aliphatic carbocycles. The zero-order valence-electron chi connectivity index (χ0n) is 13.5. The van der Waals surface area contributed by atoms with Crippen LogP contribution >= 0.6 is 0 Å². The molecule has 0 amide bonds. The lowest BCUT2D eigenvalue weighted by Gasteiger charge is -2.41. The van der Waals surface area contributed by atoms with Crippen LogP contribution in [0.3, 0.4) is 0 Å². The lowest BCUT2D eigenvalue weighted by Crippen LogP contribution is -2.48. The van der Waals surface area contributed by atoms with E-state index in [0.29, 0.717) is 6.17 Å². The molecule has 2 aromatic carbocycles. The molecule has 0 aromatic heterocycles.